The van der Waals surface area contributed by atoms with Crippen molar-refractivity contribution in [3.8, 4) is 5.75 Å². The van der Waals surface area contributed by atoms with Crippen LogP contribution < -0.4 is 10.2 Å². The molecule has 0 bridgehead atoms. The molecule has 1 aromatic carbocycles. The molecule has 0 amide bonds. The predicted octanol–water partition coefficient (Wildman–Crippen LogP) is 4.33. The van der Waals surface area contributed by atoms with Crippen LogP contribution in [0.25, 0.3) is 0 Å². The summed E-state index contributed by atoms with van der Waals surface area (Å²) in [5.74, 6) is 0.989. The lowest BCUT2D eigenvalue weighted by molar-refractivity contribution is -0.137. The van der Waals surface area contributed by atoms with Gasteiger partial charge in [0.2, 0.25) is 0 Å². The summed E-state index contributed by atoms with van der Waals surface area (Å²) in [5.41, 5.74) is 2.60. The molecule has 0 saturated carbocycles. The van der Waals surface area contributed by atoms with E-state index in [1.165, 1.54) is 6.07 Å². The van der Waals surface area contributed by atoms with Gasteiger partial charge in [-0.3, -0.25) is 5.43 Å². The van der Waals surface area contributed by atoms with Crippen LogP contribution in [0.4, 0.5) is 19.0 Å². The summed E-state index contributed by atoms with van der Waals surface area (Å²) in [6.07, 6.45) is -2.00. The molecule has 122 valence electrons. The first-order chi connectivity index (χ1) is 10.8. The second kappa shape index (κ2) is 7.13. The Kier molecular flexibility index (Phi) is 5.20. The number of pyridine rings is 1. The average molecular weight is 323 g/mol. The fraction of sp³-hybridized carbons (Fsp3) is 0.250. The van der Waals surface area contributed by atoms with Crippen LogP contribution >= 0.6 is 0 Å². The Morgan fingerprint density at radius 1 is 1.13 bits per heavy atom. The van der Waals surface area contributed by atoms with Gasteiger partial charge in [0.05, 0.1) is 17.9 Å². The topological polar surface area (TPSA) is 46.5 Å². The summed E-state index contributed by atoms with van der Waals surface area (Å²) in [6, 6.07) is 9.45. The number of nitrogens with one attached hydrogen (secondary N) is 1. The Labute approximate surface area is 132 Å². The summed E-state index contributed by atoms with van der Waals surface area (Å²) in [6.45, 7) is 3.88. The third-order valence-corrected chi connectivity index (χ3v) is 2.74. The molecule has 4 nitrogen and oxygen atoms in total. The monoisotopic (exact) mass is 323 g/mol. The second-order valence-electron chi connectivity index (χ2n) is 5.04. The first kappa shape index (κ1) is 16.8. The number of nitrogens with zero attached hydrogens (tertiary/aromatic N) is 2. The molecule has 0 aliphatic heterocycles. The highest BCUT2D eigenvalue weighted by Gasteiger charge is 2.30. The van der Waals surface area contributed by atoms with Gasteiger partial charge >= 0.3 is 6.18 Å². The molecule has 1 N–H and O–H groups in total. The maximum absolute atomic E-state index is 12.4. The number of hydrogen-bond donors (Lipinski definition) is 1. The Morgan fingerprint density at radius 2 is 1.83 bits per heavy atom. The molecule has 0 atom stereocenters. The minimum atomic E-state index is -4.39. The van der Waals surface area contributed by atoms with E-state index < -0.39 is 11.7 Å². The van der Waals surface area contributed by atoms with Crippen LogP contribution in [0.3, 0.4) is 0 Å². The van der Waals surface area contributed by atoms with Crippen LogP contribution in [-0.4, -0.2) is 17.3 Å². The van der Waals surface area contributed by atoms with Crippen molar-refractivity contribution in [2.45, 2.75) is 26.1 Å². The zero-order chi connectivity index (χ0) is 16.9. The minimum absolute atomic E-state index is 0.0990. The summed E-state index contributed by atoms with van der Waals surface area (Å²) in [5, 5.41) is 3.93. The third-order valence-electron chi connectivity index (χ3n) is 2.74. The van der Waals surface area contributed by atoms with Crippen molar-refractivity contribution in [1.29, 1.82) is 0 Å². The van der Waals surface area contributed by atoms with E-state index in [1.54, 1.807) is 6.21 Å². The van der Waals surface area contributed by atoms with Crippen molar-refractivity contribution in [3.05, 3.63) is 53.7 Å². The number of aromatic nitrogens is 1. The van der Waals surface area contributed by atoms with Gasteiger partial charge in [0.1, 0.15) is 11.6 Å². The van der Waals surface area contributed by atoms with E-state index in [-0.39, 0.29) is 11.9 Å². The Bertz CT molecular complexity index is 650. The summed E-state index contributed by atoms with van der Waals surface area (Å²) < 4.78 is 42.7. The molecule has 0 radical (unpaired) electrons. The number of anilines is 1. The lowest BCUT2D eigenvalue weighted by atomic mass is 10.2. The second-order valence-corrected chi connectivity index (χ2v) is 5.04. The number of halogens is 3. The van der Waals surface area contributed by atoms with Gasteiger partial charge in [0.15, 0.2) is 0 Å². The number of ether oxygens (including phenoxy) is 1. The number of benzene rings is 1. The Hall–Kier alpha value is -2.57. The van der Waals surface area contributed by atoms with Crippen molar-refractivity contribution in [2.24, 2.45) is 5.10 Å². The van der Waals surface area contributed by atoms with Crippen molar-refractivity contribution in [1.82, 2.24) is 4.98 Å². The van der Waals surface area contributed by atoms with Crippen LogP contribution in [0.15, 0.2) is 47.7 Å². The predicted molar refractivity (Wildman–Crippen MR) is 82.7 cm³/mol. The van der Waals surface area contributed by atoms with E-state index in [9.17, 15) is 13.2 Å². The smallest absolute Gasteiger partial charge is 0.417 e. The number of alkyl halides is 3. The van der Waals surface area contributed by atoms with Crippen molar-refractivity contribution >= 4 is 12.0 Å². The zero-order valence-corrected chi connectivity index (χ0v) is 12.6. The van der Waals surface area contributed by atoms with Crippen LogP contribution in [0.1, 0.15) is 25.0 Å². The fourth-order valence-corrected chi connectivity index (χ4v) is 1.71. The van der Waals surface area contributed by atoms with Gasteiger partial charge in [-0.25, -0.2) is 4.98 Å². The summed E-state index contributed by atoms with van der Waals surface area (Å²) in [7, 11) is 0. The van der Waals surface area contributed by atoms with Gasteiger partial charge in [-0.05, 0) is 55.8 Å². The molecule has 0 unspecified atom stereocenters. The van der Waals surface area contributed by atoms with Crippen LogP contribution in [0.5, 0.6) is 5.75 Å². The van der Waals surface area contributed by atoms with Crippen LogP contribution in [-0.2, 0) is 6.18 Å². The molecule has 0 fully saturated rings. The molecular formula is C16H16F3N3O. The molecule has 0 aliphatic rings. The molecule has 2 aromatic rings. The van der Waals surface area contributed by atoms with E-state index in [0.717, 1.165) is 23.6 Å². The van der Waals surface area contributed by atoms with E-state index >= 15 is 0 Å². The third kappa shape index (κ3) is 5.28. The van der Waals surface area contributed by atoms with Crippen molar-refractivity contribution in [2.75, 3.05) is 5.43 Å². The molecule has 1 aromatic heterocycles. The Balaban J connectivity index is 1.93. The van der Waals surface area contributed by atoms with Gasteiger partial charge in [-0.2, -0.15) is 18.3 Å². The maximum Gasteiger partial charge on any atom is 0.417 e. The SMILES string of the molecule is CC(C)Oc1ccc(/C=N\Nc2ccc(C(F)(F)F)cn2)cc1. The molecule has 1 heterocycles. The van der Waals surface area contributed by atoms with Gasteiger partial charge in [-0.1, -0.05) is 0 Å². The van der Waals surface area contributed by atoms with E-state index in [4.69, 9.17) is 4.74 Å². The Morgan fingerprint density at radius 3 is 2.35 bits per heavy atom. The van der Waals surface area contributed by atoms with E-state index in [1.807, 2.05) is 38.1 Å². The first-order valence-corrected chi connectivity index (χ1v) is 6.93. The maximum atomic E-state index is 12.4. The van der Waals surface area contributed by atoms with Gasteiger partial charge < -0.3 is 4.74 Å². The lowest BCUT2D eigenvalue weighted by Gasteiger charge is -2.09. The molecular weight excluding hydrogens is 307 g/mol. The van der Waals surface area contributed by atoms with Crippen LogP contribution in [0, 0.1) is 0 Å². The van der Waals surface area contributed by atoms with Gasteiger partial charge in [-0.15, -0.1) is 0 Å². The number of hydrogen-bond acceptors (Lipinski definition) is 4. The molecule has 2 rings (SSSR count). The van der Waals surface area contributed by atoms with E-state index in [0.29, 0.717) is 0 Å². The quantitative estimate of drug-likeness (QED) is 0.658. The molecule has 0 aliphatic carbocycles. The summed E-state index contributed by atoms with van der Waals surface area (Å²) >= 11 is 0. The minimum Gasteiger partial charge on any atom is -0.491 e. The highest BCUT2D eigenvalue weighted by atomic mass is 19.4. The standard InChI is InChI=1S/C16H16F3N3O/c1-11(2)23-14-6-3-12(4-7-14)9-21-22-15-8-5-13(10-20-15)16(17,18)19/h3-11H,1-2H3,(H,20,22)/b21-9-. The highest BCUT2D eigenvalue weighted by Crippen LogP contribution is 2.28. The van der Waals surface area contributed by atoms with E-state index in [2.05, 4.69) is 15.5 Å². The fourth-order valence-electron chi connectivity index (χ4n) is 1.71. The van der Waals surface area contributed by atoms with Crippen molar-refractivity contribution < 1.29 is 17.9 Å². The highest BCUT2D eigenvalue weighted by molar-refractivity contribution is 5.80. The largest absolute Gasteiger partial charge is 0.491 e. The first-order valence-electron chi connectivity index (χ1n) is 6.93. The average Bonchev–Trinajstić information content (AvgIpc) is 2.48. The molecule has 0 spiro atoms. The summed E-state index contributed by atoms with van der Waals surface area (Å²) in [4.78, 5) is 3.66. The normalized spacial score (nSPS) is 11.9. The lowest BCUT2D eigenvalue weighted by Crippen LogP contribution is -2.05. The van der Waals surface area contributed by atoms with Crippen molar-refractivity contribution in [3.63, 3.8) is 0 Å². The number of hydrazone groups is 1. The van der Waals surface area contributed by atoms with Gasteiger partial charge in [0, 0.05) is 6.20 Å². The van der Waals surface area contributed by atoms with Crippen LogP contribution in [0.2, 0.25) is 0 Å². The van der Waals surface area contributed by atoms with Gasteiger partial charge in [0.25, 0.3) is 0 Å². The zero-order valence-electron chi connectivity index (χ0n) is 12.6. The molecule has 23 heavy (non-hydrogen) atoms. The molecule has 7 heteroatoms. The molecule has 0 saturated heterocycles. The number of rotatable bonds is 5.